The van der Waals surface area contributed by atoms with Crippen LogP contribution in [0.1, 0.15) is 11.1 Å². The molecule has 0 saturated carbocycles. The third-order valence-electron chi connectivity index (χ3n) is 4.20. The zero-order chi connectivity index (χ0) is 20.1. The molecule has 0 saturated heterocycles. The molecule has 29 heavy (non-hydrogen) atoms. The van der Waals surface area contributed by atoms with E-state index in [0.29, 0.717) is 5.11 Å². The van der Waals surface area contributed by atoms with Gasteiger partial charge in [-0.3, -0.25) is 5.43 Å². The van der Waals surface area contributed by atoms with E-state index in [9.17, 15) is 0 Å². The molecule has 7 heteroatoms. The first-order chi connectivity index (χ1) is 14.2. The van der Waals surface area contributed by atoms with Crippen LogP contribution in [0.3, 0.4) is 0 Å². The van der Waals surface area contributed by atoms with Crippen LogP contribution < -0.4 is 10.7 Å². The number of hydrogen-bond donors (Lipinski definition) is 2. The first-order valence-corrected chi connectivity index (χ1v) is 10.3. The molecular weight excluding hydrogens is 398 g/mol. The van der Waals surface area contributed by atoms with Crippen LogP contribution in [0.15, 0.2) is 83.4 Å². The van der Waals surface area contributed by atoms with Gasteiger partial charge >= 0.3 is 0 Å². The number of para-hydroxylation sites is 1. The van der Waals surface area contributed by atoms with Gasteiger partial charge in [0.15, 0.2) is 5.11 Å². The van der Waals surface area contributed by atoms with Gasteiger partial charge in [-0.05, 0) is 54.9 Å². The quantitative estimate of drug-likeness (QED) is 0.265. The number of thiocarbonyl (C=S) groups is 1. The van der Waals surface area contributed by atoms with Gasteiger partial charge in [0, 0.05) is 17.4 Å². The smallest absolute Gasteiger partial charge is 0.191 e. The summed E-state index contributed by atoms with van der Waals surface area (Å²) in [5.74, 6) is 0. The van der Waals surface area contributed by atoms with Crippen LogP contribution in [0.2, 0.25) is 0 Å². The average Bonchev–Trinajstić information content (AvgIpc) is 3.40. The first kappa shape index (κ1) is 19.0. The predicted octanol–water partition coefficient (Wildman–Crippen LogP) is 5.23. The molecule has 2 aromatic carbocycles. The van der Waals surface area contributed by atoms with Crippen LogP contribution >= 0.6 is 23.6 Å². The summed E-state index contributed by atoms with van der Waals surface area (Å²) in [6.45, 7) is 2.05. The van der Waals surface area contributed by atoms with Gasteiger partial charge in [0.2, 0.25) is 0 Å². The molecule has 0 radical (unpaired) electrons. The minimum Gasteiger partial charge on any atom is -0.331 e. The van der Waals surface area contributed by atoms with Crippen LogP contribution in [0.4, 0.5) is 5.69 Å². The van der Waals surface area contributed by atoms with Crippen molar-refractivity contribution >= 4 is 40.6 Å². The second kappa shape index (κ2) is 8.81. The molecule has 0 amide bonds. The summed E-state index contributed by atoms with van der Waals surface area (Å²) >= 11 is 6.97. The van der Waals surface area contributed by atoms with Gasteiger partial charge < -0.3 is 5.32 Å². The molecule has 0 atom stereocenters. The molecule has 2 aromatic heterocycles. The molecule has 0 unspecified atom stereocenters. The average molecular weight is 418 g/mol. The van der Waals surface area contributed by atoms with E-state index >= 15 is 0 Å². The Morgan fingerprint density at radius 1 is 1.07 bits per heavy atom. The minimum atomic E-state index is 0.429. The van der Waals surface area contributed by atoms with E-state index in [0.717, 1.165) is 27.5 Å². The molecule has 0 spiro atoms. The number of nitrogens with zero attached hydrogens (tertiary/aromatic N) is 3. The summed E-state index contributed by atoms with van der Waals surface area (Å²) in [5, 5.41) is 14.6. The number of nitrogens with one attached hydrogen (secondary N) is 2. The van der Waals surface area contributed by atoms with E-state index in [2.05, 4.69) is 21.9 Å². The molecule has 2 N–H and O–H groups in total. The third-order valence-corrected chi connectivity index (χ3v) is 5.27. The van der Waals surface area contributed by atoms with Crippen molar-refractivity contribution in [1.82, 2.24) is 15.2 Å². The molecule has 5 nitrogen and oxygen atoms in total. The Morgan fingerprint density at radius 2 is 1.86 bits per heavy atom. The fourth-order valence-electron chi connectivity index (χ4n) is 2.76. The minimum absolute atomic E-state index is 0.429. The van der Waals surface area contributed by atoms with Gasteiger partial charge in [0.1, 0.15) is 5.69 Å². The van der Waals surface area contributed by atoms with Gasteiger partial charge in [-0.15, -0.1) is 11.3 Å². The number of rotatable bonds is 5. The van der Waals surface area contributed by atoms with Crippen LogP contribution in [-0.4, -0.2) is 21.1 Å². The molecule has 4 aromatic rings. The molecule has 144 valence electrons. The monoisotopic (exact) mass is 417 g/mol. The van der Waals surface area contributed by atoms with Crippen LogP contribution in [0.25, 0.3) is 16.3 Å². The van der Waals surface area contributed by atoms with Crippen LogP contribution in [0, 0.1) is 6.92 Å². The molecule has 0 aliphatic carbocycles. The maximum atomic E-state index is 5.32. The molecule has 0 aliphatic rings. The Morgan fingerprint density at radius 3 is 2.59 bits per heavy atom. The van der Waals surface area contributed by atoms with Crippen molar-refractivity contribution < 1.29 is 0 Å². The highest BCUT2D eigenvalue weighted by molar-refractivity contribution is 7.80. The largest absolute Gasteiger partial charge is 0.331 e. The van der Waals surface area contributed by atoms with Gasteiger partial charge in [-0.1, -0.05) is 42.0 Å². The number of anilines is 1. The van der Waals surface area contributed by atoms with Crippen molar-refractivity contribution in [3.8, 4) is 16.3 Å². The fourth-order valence-corrected chi connectivity index (χ4v) is 3.66. The van der Waals surface area contributed by atoms with Crippen molar-refractivity contribution in [2.45, 2.75) is 6.92 Å². The van der Waals surface area contributed by atoms with E-state index in [1.807, 2.05) is 83.8 Å². The molecule has 2 heterocycles. The van der Waals surface area contributed by atoms with Crippen molar-refractivity contribution in [2.75, 3.05) is 5.32 Å². The summed E-state index contributed by atoms with van der Waals surface area (Å²) in [5.41, 5.74) is 7.77. The van der Waals surface area contributed by atoms with E-state index in [1.54, 1.807) is 17.6 Å². The highest BCUT2D eigenvalue weighted by atomic mass is 32.1. The summed E-state index contributed by atoms with van der Waals surface area (Å²) in [4.78, 5) is 1.08. The fraction of sp³-hybridized carbons (Fsp3) is 0.0455. The van der Waals surface area contributed by atoms with Gasteiger partial charge in [-0.25, -0.2) is 4.68 Å². The summed E-state index contributed by atoms with van der Waals surface area (Å²) in [7, 11) is 0. The highest BCUT2D eigenvalue weighted by Gasteiger charge is 2.11. The highest BCUT2D eigenvalue weighted by Crippen LogP contribution is 2.26. The van der Waals surface area contributed by atoms with Crippen LogP contribution in [-0.2, 0) is 0 Å². The van der Waals surface area contributed by atoms with Gasteiger partial charge in [-0.2, -0.15) is 10.2 Å². The summed E-state index contributed by atoms with van der Waals surface area (Å²) in [6, 6.07) is 22.1. The maximum absolute atomic E-state index is 5.32. The van der Waals surface area contributed by atoms with Gasteiger partial charge in [0.05, 0.1) is 16.8 Å². The lowest BCUT2D eigenvalue weighted by Gasteiger charge is -2.06. The normalized spacial score (nSPS) is 10.9. The van der Waals surface area contributed by atoms with E-state index in [4.69, 9.17) is 17.3 Å². The van der Waals surface area contributed by atoms with Gasteiger partial charge in [0.25, 0.3) is 0 Å². The van der Waals surface area contributed by atoms with Crippen LogP contribution in [0.5, 0.6) is 0 Å². The number of thiophene rings is 1. The summed E-state index contributed by atoms with van der Waals surface area (Å²) < 4.78 is 1.86. The van der Waals surface area contributed by atoms with E-state index in [1.165, 1.54) is 5.56 Å². The zero-order valence-electron chi connectivity index (χ0n) is 15.7. The molecule has 0 aliphatic heterocycles. The van der Waals surface area contributed by atoms with Crippen molar-refractivity contribution in [1.29, 1.82) is 0 Å². The first-order valence-electron chi connectivity index (χ1n) is 9.05. The van der Waals surface area contributed by atoms with E-state index < -0.39 is 0 Å². The Labute approximate surface area is 178 Å². The third kappa shape index (κ3) is 4.77. The Hall–Kier alpha value is -3.29. The van der Waals surface area contributed by atoms with E-state index in [-0.39, 0.29) is 0 Å². The number of hydrogen-bond acceptors (Lipinski definition) is 4. The number of aryl methyl sites for hydroxylation is 1. The predicted molar refractivity (Wildman–Crippen MR) is 125 cm³/mol. The van der Waals surface area contributed by atoms with Crippen molar-refractivity contribution in [3.05, 3.63) is 89.4 Å². The number of hydrazone groups is 1. The number of aromatic nitrogens is 2. The Balaban J connectivity index is 1.51. The lowest BCUT2D eigenvalue weighted by Crippen LogP contribution is -2.23. The summed E-state index contributed by atoms with van der Waals surface area (Å²) in [6.07, 6.45) is 3.70. The standard InChI is InChI=1S/C22H19N5S2/c1-16-9-11-18(12-10-16)24-22(28)25-23-14-17-15-27(19-6-3-2-4-7-19)26-21(17)20-8-5-13-29-20/h2-15H,1H3,(H2,24,25,28)/b23-14+. The maximum Gasteiger partial charge on any atom is 0.191 e. The number of benzene rings is 2. The topological polar surface area (TPSA) is 54.2 Å². The molecule has 0 fully saturated rings. The lowest BCUT2D eigenvalue weighted by molar-refractivity contribution is 0.885. The molecular formula is C22H19N5S2. The Kier molecular flexibility index (Phi) is 5.79. The van der Waals surface area contributed by atoms with Crippen molar-refractivity contribution in [3.63, 3.8) is 0 Å². The Bertz CT molecular complexity index is 1110. The second-order valence-electron chi connectivity index (χ2n) is 6.38. The molecule has 0 bridgehead atoms. The second-order valence-corrected chi connectivity index (χ2v) is 7.74. The molecule has 4 rings (SSSR count). The van der Waals surface area contributed by atoms with Crippen molar-refractivity contribution in [2.24, 2.45) is 5.10 Å². The lowest BCUT2D eigenvalue weighted by atomic mass is 10.2. The zero-order valence-corrected chi connectivity index (χ0v) is 17.4. The SMILES string of the molecule is Cc1ccc(NC(=S)N/N=C/c2cn(-c3ccccc3)nc2-c2cccs2)cc1.